The summed E-state index contributed by atoms with van der Waals surface area (Å²) in [6.45, 7) is 4.92. The van der Waals surface area contributed by atoms with E-state index in [2.05, 4.69) is 48.2 Å². The molecule has 0 fully saturated rings. The minimum Gasteiger partial charge on any atom is -0.409 e. The monoisotopic (exact) mass is 269 g/mol. The second-order valence-corrected chi connectivity index (χ2v) is 4.58. The molecule has 0 aliphatic rings. The lowest BCUT2D eigenvalue weighted by Gasteiger charge is -2.25. The maximum Gasteiger partial charge on any atom is 0.172 e. The second kappa shape index (κ2) is 6.10. The molecule has 2 aromatic rings. The third-order valence-electron chi connectivity index (χ3n) is 3.24. The minimum atomic E-state index is 0.117. The van der Waals surface area contributed by atoms with E-state index in [0.717, 1.165) is 23.5 Å². The minimum absolute atomic E-state index is 0.117. The van der Waals surface area contributed by atoms with E-state index in [4.69, 9.17) is 10.9 Å². The van der Waals surface area contributed by atoms with Gasteiger partial charge < -0.3 is 15.8 Å². The van der Waals surface area contributed by atoms with E-state index in [-0.39, 0.29) is 5.84 Å². The number of amidine groups is 1. The molecule has 4 nitrogen and oxygen atoms in total. The Hall–Kier alpha value is -2.49. The molecule has 0 bridgehead atoms. The first-order valence-corrected chi connectivity index (χ1v) is 6.58. The SMILES string of the molecule is CCN(c1ccc(C)cc1)c1ccccc1C(N)=NO. The fraction of sp³-hybridized carbons (Fsp3) is 0.188. The molecule has 4 heteroatoms. The van der Waals surface area contributed by atoms with Crippen molar-refractivity contribution in [2.45, 2.75) is 13.8 Å². The summed E-state index contributed by atoms with van der Waals surface area (Å²) < 4.78 is 0. The van der Waals surface area contributed by atoms with E-state index >= 15 is 0 Å². The maximum absolute atomic E-state index is 8.92. The van der Waals surface area contributed by atoms with Crippen molar-refractivity contribution < 1.29 is 5.21 Å². The van der Waals surface area contributed by atoms with Crippen LogP contribution in [-0.2, 0) is 0 Å². The van der Waals surface area contributed by atoms with Crippen LogP contribution < -0.4 is 10.6 Å². The molecule has 0 atom stereocenters. The molecule has 2 aromatic carbocycles. The molecule has 0 aromatic heterocycles. The highest BCUT2D eigenvalue weighted by Gasteiger charge is 2.13. The van der Waals surface area contributed by atoms with Crippen molar-refractivity contribution in [1.29, 1.82) is 0 Å². The average Bonchev–Trinajstić information content (AvgIpc) is 2.49. The third-order valence-corrected chi connectivity index (χ3v) is 3.24. The Morgan fingerprint density at radius 2 is 1.80 bits per heavy atom. The summed E-state index contributed by atoms with van der Waals surface area (Å²) in [5, 5.41) is 12.0. The molecule has 0 spiro atoms. The van der Waals surface area contributed by atoms with Crippen LogP contribution in [0.15, 0.2) is 53.7 Å². The number of aryl methyl sites for hydroxylation is 1. The van der Waals surface area contributed by atoms with E-state index in [1.54, 1.807) is 0 Å². The lowest BCUT2D eigenvalue weighted by Crippen LogP contribution is -2.22. The van der Waals surface area contributed by atoms with E-state index in [1.165, 1.54) is 5.56 Å². The van der Waals surface area contributed by atoms with E-state index < -0.39 is 0 Å². The third kappa shape index (κ3) is 2.74. The summed E-state index contributed by atoms with van der Waals surface area (Å²) in [4.78, 5) is 2.13. The van der Waals surface area contributed by atoms with Crippen LogP contribution in [0.5, 0.6) is 0 Å². The molecule has 0 unspecified atom stereocenters. The quantitative estimate of drug-likeness (QED) is 0.387. The van der Waals surface area contributed by atoms with Crippen LogP contribution in [0.3, 0.4) is 0 Å². The van der Waals surface area contributed by atoms with Gasteiger partial charge in [-0.15, -0.1) is 0 Å². The molecule has 0 heterocycles. The molecule has 20 heavy (non-hydrogen) atoms. The van der Waals surface area contributed by atoms with Crippen molar-refractivity contribution in [2.75, 3.05) is 11.4 Å². The van der Waals surface area contributed by atoms with E-state index in [1.807, 2.05) is 24.3 Å². The zero-order valence-electron chi connectivity index (χ0n) is 11.7. The first-order chi connectivity index (χ1) is 9.67. The lowest BCUT2D eigenvalue weighted by molar-refractivity contribution is 0.318. The highest BCUT2D eigenvalue weighted by Crippen LogP contribution is 2.28. The average molecular weight is 269 g/mol. The van der Waals surface area contributed by atoms with Crippen molar-refractivity contribution in [1.82, 2.24) is 0 Å². The number of para-hydroxylation sites is 1. The maximum atomic E-state index is 8.92. The number of anilines is 2. The predicted octanol–water partition coefficient (Wildman–Crippen LogP) is 3.25. The highest BCUT2D eigenvalue weighted by atomic mass is 16.4. The largest absolute Gasteiger partial charge is 0.409 e. The number of nitrogens with zero attached hydrogens (tertiary/aromatic N) is 2. The predicted molar refractivity (Wildman–Crippen MR) is 82.8 cm³/mol. The van der Waals surface area contributed by atoms with Crippen LogP contribution in [-0.4, -0.2) is 17.6 Å². The highest BCUT2D eigenvalue weighted by molar-refractivity contribution is 6.02. The first-order valence-electron chi connectivity index (χ1n) is 6.58. The number of hydrogen-bond acceptors (Lipinski definition) is 3. The summed E-state index contributed by atoms with van der Waals surface area (Å²) in [6, 6.07) is 15.9. The van der Waals surface area contributed by atoms with Gasteiger partial charge in [-0.2, -0.15) is 0 Å². The summed E-state index contributed by atoms with van der Waals surface area (Å²) >= 11 is 0. The topological polar surface area (TPSA) is 61.8 Å². The number of rotatable bonds is 4. The summed E-state index contributed by atoms with van der Waals surface area (Å²) in [7, 11) is 0. The Morgan fingerprint density at radius 1 is 1.15 bits per heavy atom. The second-order valence-electron chi connectivity index (χ2n) is 4.58. The smallest absolute Gasteiger partial charge is 0.172 e. The van der Waals surface area contributed by atoms with Crippen LogP contribution in [0, 0.1) is 6.92 Å². The van der Waals surface area contributed by atoms with E-state index in [0.29, 0.717) is 0 Å². The molecule has 0 saturated carbocycles. The standard InChI is InChI=1S/C16H19N3O/c1-3-19(13-10-8-12(2)9-11-13)15-7-5-4-6-14(15)16(17)18-20/h4-11,20H,3H2,1-2H3,(H2,17,18). The molecule has 104 valence electrons. The van der Waals surface area contributed by atoms with Crippen molar-refractivity contribution in [3.8, 4) is 0 Å². The van der Waals surface area contributed by atoms with Gasteiger partial charge in [-0.05, 0) is 38.1 Å². The lowest BCUT2D eigenvalue weighted by atomic mass is 10.1. The van der Waals surface area contributed by atoms with Crippen molar-refractivity contribution in [2.24, 2.45) is 10.9 Å². The summed E-state index contributed by atoms with van der Waals surface area (Å²) in [6.07, 6.45) is 0. The fourth-order valence-corrected chi connectivity index (χ4v) is 2.20. The van der Waals surface area contributed by atoms with Crippen LogP contribution >= 0.6 is 0 Å². The molecule has 3 N–H and O–H groups in total. The Balaban J connectivity index is 2.50. The summed E-state index contributed by atoms with van der Waals surface area (Å²) in [5.41, 5.74) is 9.71. The zero-order chi connectivity index (χ0) is 14.5. The normalized spacial score (nSPS) is 11.4. The summed E-state index contributed by atoms with van der Waals surface area (Å²) in [5.74, 6) is 0.117. The molecule has 0 amide bonds. The molecule has 0 aliphatic heterocycles. The molecule has 0 radical (unpaired) electrons. The fourth-order valence-electron chi connectivity index (χ4n) is 2.20. The van der Waals surface area contributed by atoms with Crippen molar-refractivity contribution >= 4 is 17.2 Å². The Labute approximate surface area is 119 Å². The van der Waals surface area contributed by atoms with Crippen LogP contribution in [0.1, 0.15) is 18.1 Å². The Kier molecular flexibility index (Phi) is 4.25. The molecule has 0 saturated heterocycles. The van der Waals surface area contributed by atoms with Crippen LogP contribution in [0.2, 0.25) is 0 Å². The van der Waals surface area contributed by atoms with E-state index in [9.17, 15) is 0 Å². The van der Waals surface area contributed by atoms with Gasteiger partial charge in [0.2, 0.25) is 0 Å². The molecular formula is C16H19N3O. The van der Waals surface area contributed by atoms with Gasteiger partial charge in [0.25, 0.3) is 0 Å². The van der Waals surface area contributed by atoms with Gasteiger partial charge in [0.15, 0.2) is 5.84 Å². The number of oxime groups is 1. The van der Waals surface area contributed by atoms with Crippen molar-refractivity contribution in [3.05, 3.63) is 59.7 Å². The van der Waals surface area contributed by atoms with Gasteiger partial charge in [-0.3, -0.25) is 0 Å². The molecule has 0 aliphatic carbocycles. The van der Waals surface area contributed by atoms with Crippen LogP contribution in [0.25, 0.3) is 0 Å². The number of nitrogens with two attached hydrogens (primary N) is 1. The van der Waals surface area contributed by atoms with Gasteiger partial charge in [0.1, 0.15) is 0 Å². The van der Waals surface area contributed by atoms with Gasteiger partial charge >= 0.3 is 0 Å². The first kappa shape index (κ1) is 13.9. The number of benzene rings is 2. The Morgan fingerprint density at radius 3 is 2.40 bits per heavy atom. The van der Waals surface area contributed by atoms with Gasteiger partial charge in [-0.1, -0.05) is 35.0 Å². The number of hydrogen-bond donors (Lipinski definition) is 2. The van der Waals surface area contributed by atoms with Gasteiger partial charge in [0, 0.05) is 17.8 Å². The molecular weight excluding hydrogens is 250 g/mol. The zero-order valence-corrected chi connectivity index (χ0v) is 11.7. The molecule has 2 rings (SSSR count). The van der Waals surface area contributed by atoms with Crippen LogP contribution in [0.4, 0.5) is 11.4 Å². The van der Waals surface area contributed by atoms with Gasteiger partial charge in [0.05, 0.1) is 5.69 Å². The van der Waals surface area contributed by atoms with Crippen molar-refractivity contribution in [3.63, 3.8) is 0 Å². The van der Waals surface area contributed by atoms with Gasteiger partial charge in [-0.25, -0.2) is 0 Å². The Bertz CT molecular complexity index is 605.